The van der Waals surface area contributed by atoms with E-state index >= 15 is 0 Å². The number of ether oxygens (including phenoxy) is 1. The summed E-state index contributed by atoms with van der Waals surface area (Å²) in [4.78, 5) is 18.4. The van der Waals surface area contributed by atoms with Crippen molar-refractivity contribution in [2.45, 2.75) is 24.5 Å². The topological polar surface area (TPSA) is 144 Å². The van der Waals surface area contributed by atoms with Gasteiger partial charge in [0.15, 0.2) is 6.23 Å². The lowest BCUT2D eigenvalue weighted by Gasteiger charge is -2.16. The molecule has 2 heterocycles. The monoisotopic (exact) mass is 244 g/mol. The van der Waals surface area contributed by atoms with E-state index in [2.05, 4.69) is 9.97 Å². The van der Waals surface area contributed by atoms with E-state index in [1.165, 1.54) is 0 Å². The van der Waals surface area contributed by atoms with Gasteiger partial charge in [0.05, 0.1) is 6.61 Å². The number of hydrogen-bond donors (Lipinski definition) is 4. The predicted molar refractivity (Wildman–Crippen MR) is 53.7 cm³/mol. The second-order valence-electron chi connectivity index (χ2n) is 3.63. The van der Waals surface area contributed by atoms with Crippen LogP contribution in [-0.4, -0.2) is 54.8 Å². The molecule has 1 fully saturated rings. The van der Waals surface area contributed by atoms with Crippen LogP contribution in [0.1, 0.15) is 6.23 Å². The van der Waals surface area contributed by atoms with Crippen LogP contribution >= 0.6 is 0 Å². The Morgan fingerprint density at radius 2 is 2.18 bits per heavy atom. The number of aliphatic hydroxyl groups is 3. The van der Waals surface area contributed by atoms with Crippen LogP contribution in [0, 0.1) is 0 Å². The molecule has 0 spiro atoms. The Hall–Kier alpha value is -1.55. The van der Waals surface area contributed by atoms with Gasteiger partial charge in [0.2, 0.25) is 5.95 Å². The van der Waals surface area contributed by atoms with Crippen molar-refractivity contribution in [1.82, 2.24) is 14.5 Å². The summed E-state index contributed by atoms with van der Waals surface area (Å²) in [5.41, 5.74) is 4.46. The second kappa shape index (κ2) is 4.37. The highest BCUT2D eigenvalue weighted by molar-refractivity contribution is 5.10. The quantitative estimate of drug-likeness (QED) is 0.426. The Balaban J connectivity index is 2.32. The molecule has 0 bridgehead atoms. The Kier molecular flexibility index (Phi) is 3.07. The van der Waals surface area contributed by atoms with Gasteiger partial charge >= 0.3 is 5.69 Å². The van der Waals surface area contributed by atoms with Crippen molar-refractivity contribution in [2.24, 2.45) is 0 Å². The third-order valence-corrected chi connectivity index (χ3v) is 2.54. The summed E-state index contributed by atoms with van der Waals surface area (Å²) in [6.45, 7) is -0.473. The van der Waals surface area contributed by atoms with Crippen molar-refractivity contribution in [2.75, 3.05) is 12.3 Å². The number of hydrogen-bond acceptors (Lipinski definition) is 8. The molecule has 94 valence electrons. The van der Waals surface area contributed by atoms with E-state index in [-0.39, 0.29) is 5.95 Å². The first-order valence-electron chi connectivity index (χ1n) is 4.87. The van der Waals surface area contributed by atoms with Gasteiger partial charge in [-0.1, -0.05) is 0 Å². The van der Waals surface area contributed by atoms with Crippen LogP contribution in [0.4, 0.5) is 5.95 Å². The molecule has 1 aliphatic rings. The third kappa shape index (κ3) is 2.00. The minimum atomic E-state index is -1.35. The number of nitrogen functional groups attached to an aromatic ring is 1. The van der Waals surface area contributed by atoms with Gasteiger partial charge in [-0.05, 0) is 0 Å². The summed E-state index contributed by atoms with van der Waals surface area (Å²) in [6.07, 6.45) is -3.67. The fourth-order valence-corrected chi connectivity index (χ4v) is 1.64. The largest absolute Gasteiger partial charge is 0.394 e. The summed E-state index contributed by atoms with van der Waals surface area (Å²) < 4.78 is 6.04. The fraction of sp³-hybridized carbons (Fsp3) is 0.625. The van der Waals surface area contributed by atoms with E-state index in [4.69, 9.17) is 15.6 Å². The first-order chi connectivity index (χ1) is 8.04. The molecule has 0 saturated carbocycles. The van der Waals surface area contributed by atoms with E-state index in [0.29, 0.717) is 0 Å². The number of aliphatic hydroxyl groups excluding tert-OH is 3. The fourth-order valence-electron chi connectivity index (χ4n) is 1.64. The van der Waals surface area contributed by atoms with Gasteiger partial charge < -0.3 is 25.8 Å². The van der Waals surface area contributed by atoms with Crippen molar-refractivity contribution in [3.63, 3.8) is 0 Å². The van der Waals surface area contributed by atoms with Gasteiger partial charge in [-0.3, -0.25) is 4.57 Å². The standard InChI is InChI=1S/C8H12N4O5/c9-7-10-2-12(8(16)11-7)6-5(15)4(14)3(1-13)17-6/h2-6,13-15H,1H2,(H2,9,11,16)/t3-,4?,5+,6-/m0/s1. The smallest absolute Gasteiger partial charge is 0.354 e. The maximum atomic E-state index is 11.5. The van der Waals surface area contributed by atoms with Gasteiger partial charge in [0, 0.05) is 0 Å². The highest BCUT2D eigenvalue weighted by Gasteiger charge is 2.43. The van der Waals surface area contributed by atoms with E-state index in [9.17, 15) is 15.0 Å². The van der Waals surface area contributed by atoms with Gasteiger partial charge in [-0.15, -0.1) is 0 Å². The van der Waals surface area contributed by atoms with Crippen LogP contribution in [0.25, 0.3) is 0 Å². The Bertz CT molecular complexity index is 463. The molecular formula is C8H12N4O5. The summed E-state index contributed by atoms with van der Waals surface area (Å²) >= 11 is 0. The zero-order chi connectivity index (χ0) is 12.6. The lowest BCUT2D eigenvalue weighted by Crippen LogP contribution is -2.36. The van der Waals surface area contributed by atoms with Gasteiger partial charge in [-0.2, -0.15) is 4.98 Å². The van der Waals surface area contributed by atoms with Gasteiger partial charge in [-0.25, -0.2) is 9.78 Å². The van der Waals surface area contributed by atoms with Crippen LogP contribution < -0.4 is 11.4 Å². The van der Waals surface area contributed by atoms with Crippen molar-refractivity contribution in [3.05, 3.63) is 16.8 Å². The van der Waals surface area contributed by atoms with Crippen molar-refractivity contribution >= 4 is 5.95 Å². The van der Waals surface area contributed by atoms with E-state index in [1.807, 2.05) is 0 Å². The molecule has 1 saturated heterocycles. The SMILES string of the molecule is Nc1ncn([C@H]2O[C@@H](CO)C(O)[C@H]2O)c(=O)n1. The predicted octanol–water partition coefficient (Wildman–Crippen LogP) is -3.17. The molecular weight excluding hydrogens is 232 g/mol. The number of anilines is 1. The molecule has 1 unspecified atom stereocenters. The maximum Gasteiger partial charge on any atom is 0.354 e. The number of nitrogens with two attached hydrogens (primary N) is 1. The van der Waals surface area contributed by atoms with E-state index in [0.717, 1.165) is 10.9 Å². The average Bonchev–Trinajstić information content (AvgIpc) is 2.57. The summed E-state index contributed by atoms with van der Waals surface area (Å²) in [7, 11) is 0. The molecule has 9 heteroatoms. The zero-order valence-corrected chi connectivity index (χ0v) is 8.67. The molecule has 4 atom stereocenters. The number of aromatic nitrogens is 3. The Labute approximate surface area is 95.1 Å². The maximum absolute atomic E-state index is 11.5. The molecule has 0 amide bonds. The minimum Gasteiger partial charge on any atom is -0.394 e. The molecule has 17 heavy (non-hydrogen) atoms. The Morgan fingerprint density at radius 1 is 1.47 bits per heavy atom. The number of nitrogens with zero attached hydrogens (tertiary/aromatic N) is 3. The average molecular weight is 244 g/mol. The number of rotatable bonds is 2. The van der Waals surface area contributed by atoms with Crippen molar-refractivity contribution in [1.29, 1.82) is 0 Å². The molecule has 1 aliphatic heterocycles. The minimum absolute atomic E-state index is 0.196. The summed E-state index contributed by atoms with van der Waals surface area (Å²) in [5, 5.41) is 28.1. The van der Waals surface area contributed by atoms with Gasteiger partial charge in [0.25, 0.3) is 0 Å². The molecule has 1 aromatic heterocycles. The third-order valence-electron chi connectivity index (χ3n) is 2.54. The lowest BCUT2D eigenvalue weighted by molar-refractivity contribution is -0.0554. The van der Waals surface area contributed by atoms with Crippen LogP contribution in [0.15, 0.2) is 11.1 Å². The van der Waals surface area contributed by atoms with Crippen LogP contribution in [0.5, 0.6) is 0 Å². The van der Waals surface area contributed by atoms with Crippen molar-refractivity contribution < 1.29 is 20.1 Å². The van der Waals surface area contributed by atoms with Crippen LogP contribution in [0.3, 0.4) is 0 Å². The van der Waals surface area contributed by atoms with Crippen molar-refractivity contribution in [3.8, 4) is 0 Å². The summed E-state index contributed by atoms with van der Waals surface area (Å²) in [6, 6.07) is 0. The first kappa shape index (κ1) is 11.9. The molecule has 1 aromatic rings. The van der Waals surface area contributed by atoms with Gasteiger partial charge in [0.1, 0.15) is 24.6 Å². The van der Waals surface area contributed by atoms with Crippen LogP contribution in [-0.2, 0) is 4.74 Å². The zero-order valence-electron chi connectivity index (χ0n) is 8.67. The highest BCUT2D eigenvalue weighted by atomic mass is 16.6. The van der Waals surface area contributed by atoms with Crippen LogP contribution in [0.2, 0.25) is 0 Å². The normalized spacial score (nSPS) is 32.9. The molecule has 2 rings (SSSR count). The lowest BCUT2D eigenvalue weighted by atomic mass is 10.1. The first-order valence-corrected chi connectivity index (χ1v) is 4.87. The molecule has 5 N–H and O–H groups in total. The van der Waals surface area contributed by atoms with E-state index in [1.54, 1.807) is 0 Å². The molecule has 0 radical (unpaired) electrons. The Morgan fingerprint density at radius 3 is 2.71 bits per heavy atom. The summed E-state index contributed by atoms with van der Waals surface area (Å²) in [5.74, 6) is -0.196. The highest BCUT2D eigenvalue weighted by Crippen LogP contribution is 2.27. The second-order valence-corrected chi connectivity index (χ2v) is 3.63. The van der Waals surface area contributed by atoms with E-state index < -0.39 is 36.8 Å². The molecule has 0 aromatic carbocycles. The molecule has 9 nitrogen and oxygen atoms in total. The molecule has 0 aliphatic carbocycles.